The Morgan fingerprint density at radius 1 is 0.972 bits per heavy atom. The molecule has 2 amide bonds. The Morgan fingerprint density at radius 2 is 1.64 bits per heavy atom. The van der Waals surface area contributed by atoms with Gasteiger partial charge in [-0.2, -0.15) is 0 Å². The van der Waals surface area contributed by atoms with Gasteiger partial charge in [0.05, 0.1) is 23.6 Å². The number of amides is 2. The summed E-state index contributed by atoms with van der Waals surface area (Å²) in [6.07, 6.45) is 1.55. The lowest BCUT2D eigenvalue weighted by atomic mass is 10.1. The van der Waals surface area contributed by atoms with E-state index in [0.717, 1.165) is 22.2 Å². The van der Waals surface area contributed by atoms with Crippen LogP contribution in [0.25, 0.3) is 6.08 Å². The fraction of sp³-hybridized carbons (Fsp3) is 0.154. The van der Waals surface area contributed by atoms with Crippen molar-refractivity contribution in [3.05, 3.63) is 93.4 Å². The van der Waals surface area contributed by atoms with Crippen LogP contribution in [0.15, 0.2) is 65.6 Å². The maximum absolute atomic E-state index is 13.1. The lowest BCUT2D eigenvalue weighted by Gasteiger charge is -2.14. The molecule has 0 radical (unpaired) electrons. The number of halogens is 3. The molecule has 3 aromatic rings. The van der Waals surface area contributed by atoms with Crippen molar-refractivity contribution in [1.82, 2.24) is 4.90 Å². The van der Waals surface area contributed by atoms with Crippen molar-refractivity contribution in [2.45, 2.75) is 6.61 Å². The van der Waals surface area contributed by atoms with Gasteiger partial charge >= 0.3 is 0 Å². The van der Waals surface area contributed by atoms with Crippen molar-refractivity contribution in [2.75, 3.05) is 20.3 Å². The number of thioether (sulfide) groups is 1. The summed E-state index contributed by atoms with van der Waals surface area (Å²) in [5.74, 6) is -0.123. The minimum Gasteiger partial charge on any atom is -0.493 e. The van der Waals surface area contributed by atoms with Gasteiger partial charge in [-0.25, -0.2) is 8.78 Å². The number of ether oxygens (including phenoxy) is 3. The number of methoxy groups -OCH3 is 1. The highest BCUT2D eigenvalue weighted by Crippen LogP contribution is 2.39. The van der Waals surface area contributed by atoms with Crippen LogP contribution in [0.3, 0.4) is 0 Å². The normalized spacial score (nSPS) is 14.4. The molecule has 186 valence electrons. The number of hydrogen-bond donors (Lipinski definition) is 0. The molecule has 1 aliphatic rings. The van der Waals surface area contributed by atoms with Crippen LogP contribution in [0.5, 0.6) is 17.2 Å². The Kier molecular flexibility index (Phi) is 8.12. The Hall–Kier alpha value is -3.56. The summed E-state index contributed by atoms with van der Waals surface area (Å²) in [6.45, 7) is 0.255. The summed E-state index contributed by atoms with van der Waals surface area (Å²) in [7, 11) is 1.45. The smallest absolute Gasteiger partial charge is 0.293 e. The molecule has 1 saturated heterocycles. The third kappa shape index (κ3) is 6.16. The van der Waals surface area contributed by atoms with Gasteiger partial charge in [-0.3, -0.25) is 14.5 Å². The Labute approximate surface area is 215 Å². The van der Waals surface area contributed by atoms with Crippen LogP contribution in [0.4, 0.5) is 13.6 Å². The molecule has 36 heavy (non-hydrogen) atoms. The molecular weight excluding hydrogens is 512 g/mol. The van der Waals surface area contributed by atoms with E-state index in [1.54, 1.807) is 30.3 Å². The van der Waals surface area contributed by atoms with Crippen LogP contribution < -0.4 is 14.2 Å². The molecule has 0 saturated carbocycles. The number of hydrogen-bond acceptors (Lipinski definition) is 6. The molecule has 0 atom stereocenters. The molecule has 0 unspecified atom stereocenters. The second kappa shape index (κ2) is 11.5. The summed E-state index contributed by atoms with van der Waals surface area (Å²) in [4.78, 5) is 26.5. The number of carbonyl (C=O) groups is 2. The van der Waals surface area contributed by atoms with Gasteiger partial charge in [-0.15, -0.1) is 0 Å². The van der Waals surface area contributed by atoms with Crippen LogP contribution in [-0.4, -0.2) is 36.3 Å². The lowest BCUT2D eigenvalue weighted by Crippen LogP contribution is -2.32. The predicted molar refractivity (Wildman–Crippen MR) is 133 cm³/mol. The van der Waals surface area contributed by atoms with E-state index in [-0.39, 0.29) is 41.3 Å². The van der Waals surface area contributed by atoms with Gasteiger partial charge in [0.2, 0.25) is 0 Å². The van der Waals surface area contributed by atoms with Crippen LogP contribution in [0, 0.1) is 11.6 Å². The first-order chi connectivity index (χ1) is 17.3. The topological polar surface area (TPSA) is 65.1 Å². The number of carbonyl (C=O) groups excluding carboxylic acids is 2. The summed E-state index contributed by atoms with van der Waals surface area (Å²) in [6, 6.07) is 14.6. The van der Waals surface area contributed by atoms with E-state index in [4.69, 9.17) is 25.8 Å². The van der Waals surface area contributed by atoms with Crippen molar-refractivity contribution in [3.63, 3.8) is 0 Å². The molecule has 1 heterocycles. The molecule has 1 fully saturated rings. The Morgan fingerprint density at radius 3 is 2.31 bits per heavy atom. The highest BCUT2D eigenvalue weighted by atomic mass is 35.5. The van der Waals surface area contributed by atoms with E-state index >= 15 is 0 Å². The fourth-order valence-electron chi connectivity index (χ4n) is 3.33. The first-order valence-corrected chi connectivity index (χ1v) is 11.9. The van der Waals surface area contributed by atoms with Crippen LogP contribution in [0.1, 0.15) is 11.1 Å². The standard InChI is InChI=1S/C26H20ClF2NO5S/c1-33-22-13-17(12-21(27)24(22)35-15-16-2-4-18(28)5-3-16)14-23-25(31)30(26(32)36-23)10-11-34-20-8-6-19(29)7-9-20/h2-9,12-14H,10-11,15H2,1H3/b23-14-. The predicted octanol–water partition coefficient (Wildman–Crippen LogP) is 6.32. The monoisotopic (exact) mass is 531 g/mol. The van der Waals surface area contributed by atoms with E-state index in [9.17, 15) is 18.4 Å². The first kappa shape index (κ1) is 25.5. The zero-order valence-corrected chi connectivity index (χ0v) is 20.6. The van der Waals surface area contributed by atoms with Gasteiger partial charge in [0.15, 0.2) is 11.5 Å². The van der Waals surface area contributed by atoms with E-state index in [2.05, 4.69) is 0 Å². The average Bonchev–Trinajstić information content (AvgIpc) is 3.12. The zero-order chi connectivity index (χ0) is 25.7. The first-order valence-electron chi connectivity index (χ1n) is 10.7. The molecule has 3 aromatic carbocycles. The third-order valence-electron chi connectivity index (χ3n) is 5.12. The maximum Gasteiger partial charge on any atom is 0.293 e. The number of imide groups is 1. The Bertz CT molecular complexity index is 1300. The molecule has 0 bridgehead atoms. The number of nitrogens with zero attached hydrogens (tertiary/aromatic N) is 1. The SMILES string of the molecule is COc1cc(/C=C2\SC(=O)N(CCOc3ccc(F)cc3)C2=O)cc(Cl)c1OCc1ccc(F)cc1. The highest BCUT2D eigenvalue weighted by Gasteiger charge is 2.35. The van der Waals surface area contributed by atoms with Crippen molar-refractivity contribution < 1.29 is 32.6 Å². The van der Waals surface area contributed by atoms with Gasteiger partial charge in [0.25, 0.3) is 11.1 Å². The Balaban J connectivity index is 1.43. The second-order valence-corrected chi connectivity index (χ2v) is 8.99. The minimum absolute atomic E-state index is 0.0413. The van der Waals surface area contributed by atoms with E-state index in [1.807, 2.05) is 0 Å². The summed E-state index contributed by atoms with van der Waals surface area (Å²) in [5, 5.41) is -0.180. The largest absolute Gasteiger partial charge is 0.493 e. The molecular formula is C26H20ClF2NO5S. The van der Waals surface area contributed by atoms with Gasteiger partial charge in [0.1, 0.15) is 30.6 Å². The zero-order valence-electron chi connectivity index (χ0n) is 19.0. The number of benzene rings is 3. The lowest BCUT2D eigenvalue weighted by molar-refractivity contribution is -0.123. The van der Waals surface area contributed by atoms with Crippen molar-refractivity contribution >= 4 is 40.6 Å². The molecule has 0 aromatic heterocycles. The summed E-state index contributed by atoms with van der Waals surface area (Å²) < 4.78 is 42.8. The summed E-state index contributed by atoms with van der Waals surface area (Å²) in [5.41, 5.74) is 1.29. The van der Waals surface area contributed by atoms with Gasteiger partial charge < -0.3 is 14.2 Å². The minimum atomic E-state index is -0.459. The van der Waals surface area contributed by atoms with E-state index < -0.39 is 11.1 Å². The number of rotatable bonds is 9. The van der Waals surface area contributed by atoms with Crippen molar-refractivity contribution in [1.29, 1.82) is 0 Å². The van der Waals surface area contributed by atoms with Crippen molar-refractivity contribution in [3.8, 4) is 17.2 Å². The molecule has 6 nitrogen and oxygen atoms in total. The summed E-state index contributed by atoms with van der Waals surface area (Å²) >= 11 is 7.22. The van der Waals surface area contributed by atoms with Crippen LogP contribution in [-0.2, 0) is 11.4 Å². The molecule has 0 spiro atoms. The second-order valence-electron chi connectivity index (χ2n) is 7.58. The van der Waals surface area contributed by atoms with Crippen molar-refractivity contribution in [2.24, 2.45) is 0 Å². The molecule has 0 N–H and O–H groups in total. The van der Waals surface area contributed by atoms with Gasteiger partial charge in [-0.05, 0) is 77.5 Å². The maximum atomic E-state index is 13.1. The molecule has 4 rings (SSSR count). The van der Waals surface area contributed by atoms with Gasteiger partial charge in [0, 0.05) is 0 Å². The van der Waals surface area contributed by atoms with E-state index in [1.165, 1.54) is 43.5 Å². The van der Waals surface area contributed by atoms with Crippen LogP contribution >= 0.6 is 23.4 Å². The fourth-order valence-corrected chi connectivity index (χ4v) is 4.47. The molecule has 0 aliphatic carbocycles. The average molecular weight is 532 g/mol. The third-order valence-corrected chi connectivity index (χ3v) is 6.30. The molecule has 1 aliphatic heterocycles. The quantitative estimate of drug-likeness (QED) is 0.301. The highest BCUT2D eigenvalue weighted by molar-refractivity contribution is 8.18. The molecule has 10 heteroatoms. The van der Waals surface area contributed by atoms with Crippen LogP contribution in [0.2, 0.25) is 5.02 Å². The van der Waals surface area contributed by atoms with Gasteiger partial charge in [-0.1, -0.05) is 23.7 Å². The van der Waals surface area contributed by atoms with E-state index in [0.29, 0.717) is 22.8 Å².